The highest BCUT2D eigenvalue weighted by Crippen LogP contribution is 2.32. The maximum absolute atomic E-state index is 12.1. The molecular weight excluding hydrogens is 344 g/mol. The Hall–Kier alpha value is -2.90. The van der Waals surface area contributed by atoms with Gasteiger partial charge in [-0.15, -0.1) is 0 Å². The average molecular weight is 366 g/mol. The second-order valence-electron chi connectivity index (χ2n) is 7.42. The Kier molecular flexibility index (Phi) is 4.03. The Morgan fingerprint density at radius 1 is 1.30 bits per heavy atom. The predicted molar refractivity (Wildman–Crippen MR) is 102 cm³/mol. The first-order valence-electron chi connectivity index (χ1n) is 9.54. The fraction of sp³-hybridized carbons (Fsp3) is 0.474. The SMILES string of the molecule is O=C(NCC1CC1)OC1CCCN(c2cn[nH]c3cnc4nccc4c23)C1. The second-order valence-corrected chi connectivity index (χ2v) is 7.42. The summed E-state index contributed by atoms with van der Waals surface area (Å²) in [5.74, 6) is 0.646. The minimum absolute atomic E-state index is 0.118. The maximum atomic E-state index is 12.1. The van der Waals surface area contributed by atoms with E-state index in [1.54, 1.807) is 12.4 Å². The van der Waals surface area contributed by atoms with Crippen LogP contribution in [-0.4, -0.2) is 52.0 Å². The predicted octanol–water partition coefficient (Wildman–Crippen LogP) is 2.61. The highest BCUT2D eigenvalue weighted by molar-refractivity contribution is 6.09. The molecule has 3 aromatic rings. The van der Waals surface area contributed by atoms with Crippen molar-refractivity contribution in [3.8, 4) is 0 Å². The van der Waals surface area contributed by atoms with Crippen LogP contribution in [0.2, 0.25) is 0 Å². The van der Waals surface area contributed by atoms with Gasteiger partial charge >= 0.3 is 6.09 Å². The zero-order valence-corrected chi connectivity index (χ0v) is 15.0. The number of fused-ring (bicyclic) bond motifs is 3. The molecule has 5 rings (SSSR count). The van der Waals surface area contributed by atoms with Crippen molar-refractivity contribution < 1.29 is 9.53 Å². The van der Waals surface area contributed by atoms with E-state index in [4.69, 9.17) is 4.74 Å². The summed E-state index contributed by atoms with van der Waals surface area (Å²) >= 11 is 0. The molecule has 4 heterocycles. The molecule has 8 nitrogen and oxygen atoms in total. The number of hydrogen-bond acceptors (Lipinski definition) is 6. The third-order valence-corrected chi connectivity index (χ3v) is 5.39. The number of alkyl carbamates (subject to hydrolysis) is 1. The molecule has 1 atom stereocenters. The average Bonchev–Trinajstić information content (AvgIpc) is 3.40. The van der Waals surface area contributed by atoms with Crippen LogP contribution >= 0.6 is 0 Å². The van der Waals surface area contributed by atoms with E-state index in [1.165, 1.54) is 12.8 Å². The molecule has 1 saturated heterocycles. The fourth-order valence-corrected chi connectivity index (χ4v) is 3.78. The largest absolute Gasteiger partial charge is 0.444 e. The third-order valence-electron chi connectivity index (χ3n) is 5.39. The van der Waals surface area contributed by atoms with Crippen molar-refractivity contribution >= 4 is 33.7 Å². The summed E-state index contributed by atoms with van der Waals surface area (Å²) in [6.07, 6.45) is 9.23. The Bertz CT molecular complexity index is 983. The van der Waals surface area contributed by atoms with E-state index >= 15 is 0 Å². The van der Waals surface area contributed by atoms with Gasteiger partial charge in [-0.2, -0.15) is 5.10 Å². The lowest BCUT2D eigenvalue weighted by molar-refractivity contribution is 0.0882. The van der Waals surface area contributed by atoms with Crippen molar-refractivity contribution in [3.05, 3.63) is 24.7 Å². The molecular formula is C19H22N6O2. The Labute approximate surface area is 156 Å². The lowest BCUT2D eigenvalue weighted by Crippen LogP contribution is -2.42. The molecule has 2 N–H and O–H groups in total. The third kappa shape index (κ3) is 3.27. The molecule has 3 aromatic heterocycles. The molecule has 2 aliphatic rings. The molecule has 0 aromatic carbocycles. The highest BCUT2D eigenvalue weighted by atomic mass is 16.6. The van der Waals surface area contributed by atoms with Crippen LogP contribution in [0.1, 0.15) is 25.7 Å². The molecule has 1 aliphatic heterocycles. The van der Waals surface area contributed by atoms with Crippen LogP contribution in [0.15, 0.2) is 24.7 Å². The van der Waals surface area contributed by atoms with Crippen molar-refractivity contribution in [2.24, 2.45) is 5.92 Å². The van der Waals surface area contributed by atoms with Crippen molar-refractivity contribution in [1.82, 2.24) is 25.5 Å². The quantitative estimate of drug-likeness (QED) is 0.737. The number of carbonyl (C=O) groups excluding carboxylic acids is 1. The summed E-state index contributed by atoms with van der Waals surface area (Å²) in [6.45, 7) is 2.30. The monoisotopic (exact) mass is 366 g/mol. The van der Waals surface area contributed by atoms with Crippen LogP contribution in [0.4, 0.5) is 10.5 Å². The lowest BCUT2D eigenvalue weighted by atomic mass is 10.1. The number of rotatable bonds is 4. The minimum Gasteiger partial charge on any atom is -0.444 e. The maximum Gasteiger partial charge on any atom is 0.407 e. The van der Waals surface area contributed by atoms with E-state index in [1.807, 2.05) is 12.3 Å². The zero-order chi connectivity index (χ0) is 18.2. The summed E-state index contributed by atoms with van der Waals surface area (Å²) in [5.41, 5.74) is 2.63. The van der Waals surface area contributed by atoms with E-state index < -0.39 is 0 Å². The number of pyridine rings is 1. The van der Waals surface area contributed by atoms with E-state index in [2.05, 4.69) is 30.4 Å². The van der Waals surface area contributed by atoms with Gasteiger partial charge in [-0.1, -0.05) is 0 Å². The molecule has 2 fully saturated rings. The molecule has 0 spiro atoms. The van der Waals surface area contributed by atoms with Crippen LogP contribution in [-0.2, 0) is 4.74 Å². The summed E-state index contributed by atoms with van der Waals surface area (Å²) in [7, 11) is 0. The van der Waals surface area contributed by atoms with E-state index in [0.29, 0.717) is 12.5 Å². The lowest BCUT2D eigenvalue weighted by Gasteiger charge is -2.34. The molecule has 1 amide bonds. The molecule has 0 radical (unpaired) electrons. The number of nitrogens with zero attached hydrogens (tertiary/aromatic N) is 4. The number of carbonyl (C=O) groups is 1. The van der Waals surface area contributed by atoms with Crippen molar-refractivity contribution in [2.75, 3.05) is 24.5 Å². The summed E-state index contributed by atoms with van der Waals surface area (Å²) in [6, 6.07) is 1.98. The van der Waals surface area contributed by atoms with Gasteiger partial charge in [0, 0.05) is 30.1 Å². The van der Waals surface area contributed by atoms with Gasteiger partial charge in [-0.25, -0.2) is 14.8 Å². The normalized spacial score (nSPS) is 20.1. The number of aromatic amines is 1. The highest BCUT2D eigenvalue weighted by Gasteiger charge is 2.27. The fourth-order valence-electron chi connectivity index (χ4n) is 3.78. The van der Waals surface area contributed by atoms with Gasteiger partial charge in [0.05, 0.1) is 30.1 Å². The first kappa shape index (κ1) is 16.3. The molecule has 0 bridgehead atoms. The van der Waals surface area contributed by atoms with Gasteiger partial charge in [-0.05, 0) is 37.7 Å². The first-order chi connectivity index (χ1) is 13.3. The number of H-pyrrole nitrogens is 1. The van der Waals surface area contributed by atoms with Crippen molar-refractivity contribution in [3.63, 3.8) is 0 Å². The number of ether oxygens (including phenoxy) is 1. The van der Waals surface area contributed by atoms with Crippen LogP contribution < -0.4 is 10.2 Å². The molecule has 1 unspecified atom stereocenters. The van der Waals surface area contributed by atoms with Crippen LogP contribution in [0, 0.1) is 5.92 Å². The van der Waals surface area contributed by atoms with Crippen LogP contribution in [0.25, 0.3) is 21.9 Å². The Morgan fingerprint density at radius 3 is 3.11 bits per heavy atom. The van der Waals surface area contributed by atoms with E-state index in [9.17, 15) is 4.79 Å². The van der Waals surface area contributed by atoms with Gasteiger partial charge in [0.1, 0.15) is 6.10 Å². The topological polar surface area (TPSA) is 96.0 Å². The minimum atomic E-state index is -0.301. The summed E-state index contributed by atoms with van der Waals surface area (Å²) < 4.78 is 5.66. The van der Waals surface area contributed by atoms with Crippen LogP contribution in [0.3, 0.4) is 0 Å². The number of nitrogens with one attached hydrogen (secondary N) is 2. The molecule has 1 saturated carbocycles. The molecule has 8 heteroatoms. The zero-order valence-electron chi connectivity index (χ0n) is 15.0. The number of aromatic nitrogens is 4. The molecule has 140 valence electrons. The first-order valence-corrected chi connectivity index (χ1v) is 9.54. The van der Waals surface area contributed by atoms with E-state index in [-0.39, 0.29) is 12.2 Å². The number of anilines is 1. The standard InChI is InChI=1S/C19H22N6O2/c26-19(22-8-12-3-4-12)27-13-2-1-7-25(11-13)16-10-23-24-15-9-21-18-14(17(15)16)5-6-20-18/h5-6,9-10,12-13,24H,1-4,7-8,11H2,(H,22,26). The Morgan fingerprint density at radius 2 is 2.22 bits per heavy atom. The summed E-state index contributed by atoms with van der Waals surface area (Å²) in [4.78, 5) is 23.0. The van der Waals surface area contributed by atoms with Gasteiger partial charge in [0.2, 0.25) is 0 Å². The van der Waals surface area contributed by atoms with Gasteiger partial charge in [0.25, 0.3) is 0 Å². The van der Waals surface area contributed by atoms with Gasteiger partial charge < -0.3 is 15.0 Å². The van der Waals surface area contributed by atoms with E-state index in [0.717, 1.165) is 53.6 Å². The second kappa shape index (κ2) is 6.68. The molecule has 1 aliphatic carbocycles. The van der Waals surface area contributed by atoms with Crippen molar-refractivity contribution in [2.45, 2.75) is 31.8 Å². The Balaban J connectivity index is 1.37. The summed E-state index contributed by atoms with van der Waals surface area (Å²) in [5, 5.41) is 12.3. The van der Waals surface area contributed by atoms with Gasteiger partial charge in [0.15, 0.2) is 5.65 Å². The van der Waals surface area contributed by atoms with Crippen molar-refractivity contribution in [1.29, 1.82) is 0 Å². The number of amides is 1. The van der Waals surface area contributed by atoms with Gasteiger partial charge in [-0.3, -0.25) is 5.10 Å². The molecule has 27 heavy (non-hydrogen) atoms. The van der Waals surface area contributed by atoms with Crippen LogP contribution in [0.5, 0.6) is 0 Å². The smallest absolute Gasteiger partial charge is 0.407 e. The number of piperidine rings is 1. The number of hydrogen-bond donors (Lipinski definition) is 2.